The number of benzene rings is 7. The summed E-state index contributed by atoms with van der Waals surface area (Å²) in [5.74, 6) is 1.51. The molecule has 2 aliphatic heterocycles. The minimum Gasteiger partial charge on any atom is -0.379 e. The fraction of sp³-hybridized carbons (Fsp3) is 0.0926. The van der Waals surface area contributed by atoms with Crippen molar-refractivity contribution in [2.45, 2.75) is 25.4 Å². The third-order valence-corrected chi connectivity index (χ3v) is 12.2. The van der Waals surface area contributed by atoms with Crippen molar-refractivity contribution >= 4 is 34.3 Å². The molecule has 0 saturated heterocycles. The van der Waals surface area contributed by atoms with Crippen LogP contribution in [-0.2, 0) is 5.41 Å². The first kappa shape index (κ1) is 34.8. The van der Waals surface area contributed by atoms with Crippen molar-refractivity contribution in [2.24, 2.45) is 9.98 Å². The summed E-state index contributed by atoms with van der Waals surface area (Å²) in [5.41, 5.74) is 18.5. The number of aromatic nitrogens is 1. The number of amidine groups is 2. The fourth-order valence-electron chi connectivity index (χ4n) is 9.12. The predicted octanol–water partition coefficient (Wildman–Crippen LogP) is 12.5. The molecule has 3 heterocycles. The molecular weight excluding hydrogens is 719 g/mol. The normalized spacial score (nSPS) is 15.9. The highest BCUT2D eigenvalue weighted by molar-refractivity contribution is 6.13. The minimum atomic E-state index is -0.373. The maximum Gasteiger partial charge on any atom is 0.159 e. The van der Waals surface area contributed by atoms with Crippen LogP contribution in [0.4, 0.5) is 5.69 Å². The van der Waals surface area contributed by atoms with Crippen LogP contribution in [0.15, 0.2) is 186 Å². The van der Waals surface area contributed by atoms with E-state index < -0.39 is 0 Å². The first-order chi connectivity index (χ1) is 29.0. The Morgan fingerprint density at radius 1 is 0.559 bits per heavy atom. The van der Waals surface area contributed by atoms with E-state index in [2.05, 4.69) is 176 Å². The van der Waals surface area contributed by atoms with E-state index in [0.29, 0.717) is 5.84 Å². The third kappa shape index (κ3) is 6.05. The van der Waals surface area contributed by atoms with Gasteiger partial charge in [-0.05, 0) is 97.1 Å². The van der Waals surface area contributed by atoms with Crippen molar-refractivity contribution in [2.75, 3.05) is 11.9 Å². The summed E-state index contributed by atoms with van der Waals surface area (Å²) in [4.78, 5) is 15.2. The number of fused-ring (bicyclic) bond motifs is 6. The van der Waals surface area contributed by atoms with Crippen LogP contribution in [0.2, 0.25) is 0 Å². The highest BCUT2D eigenvalue weighted by atomic mass is 15.2. The van der Waals surface area contributed by atoms with E-state index in [9.17, 15) is 0 Å². The van der Waals surface area contributed by atoms with Crippen molar-refractivity contribution in [3.63, 3.8) is 0 Å². The molecule has 1 aromatic heterocycles. The first-order valence-corrected chi connectivity index (χ1v) is 20.3. The van der Waals surface area contributed by atoms with Crippen LogP contribution in [-0.4, -0.2) is 23.2 Å². The van der Waals surface area contributed by atoms with Gasteiger partial charge in [-0.2, -0.15) is 0 Å². The Bertz CT molecular complexity index is 3030. The molecule has 8 aromatic rings. The molecule has 282 valence electrons. The number of hydrogen-bond donors (Lipinski definition) is 2. The lowest BCUT2D eigenvalue weighted by Crippen LogP contribution is -2.33. The number of aliphatic imine (C=N–C) groups is 2. The summed E-state index contributed by atoms with van der Waals surface area (Å²) in [5, 5.41) is 8.40. The second kappa shape index (κ2) is 13.9. The van der Waals surface area contributed by atoms with Gasteiger partial charge in [0.15, 0.2) is 5.84 Å². The van der Waals surface area contributed by atoms with Crippen molar-refractivity contribution in [3.8, 4) is 44.5 Å². The summed E-state index contributed by atoms with van der Waals surface area (Å²) in [6.45, 7) is 5.47. The zero-order valence-corrected chi connectivity index (χ0v) is 32.9. The lowest BCUT2D eigenvalue weighted by molar-refractivity contribution is 0.660. The maximum atomic E-state index is 5.29. The van der Waals surface area contributed by atoms with Gasteiger partial charge < -0.3 is 10.6 Å². The van der Waals surface area contributed by atoms with Crippen molar-refractivity contribution in [3.05, 3.63) is 209 Å². The Hall–Kier alpha value is -7.37. The van der Waals surface area contributed by atoms with E-state index >= 15 is 0 Å². The lowest BCUT2D eigenvalue weighted by atomic mass is 9.82. The minimum absolute atomic E-state index is 0.0615. The van der Waals surface area contributed by atoms with Gasteiger partial charge in [0.25, 0.3) is 0 Å². The summed E-state index contributed by atoms with van der Waals surface area (Å²) >= 11 is 0. The van der Waals surface area contributed by atoms with Gasteiger partial charge in [0.1, 0.15) is 12.0 Å². The average molecular weight is 760 g/mol. The summed E-state index contributed by atoms with van der Waals surface area (Å²) in [6.07, 6.45) is 5.87. The van der Waals surface area contributed by atoms with Gasteiger partial charge in [0.05, 0.1) is 11.2 Å². The highest BCUT2D eigenvalue weighted by Crippen LogP contribution is 2.50. The second-order valence-electron chi connectivity index (χ2n) is 16.1. The Morgan fingerprint density at radius 3 is 2.07 bits per heavy atom. The molecule has 0 saturated carbocycles. The lowest BCUT2D eigenvalue weighted by Gasteiger charge is -2.25. The highest BCUT2D eigenvalue weighted by Gasteiger charge is 2.35. The zero-order valence-electron chi connectivity index (χ0n) is 32.9. The molecule has 59 heavy (non-hydrogen) atoms. The molecule has 11 rings (SSSR count). The molecule has 1 atom stereocenters. The van der Waals surface area contributed by atoms with E-state index in [1.165, 1.54) is 38.9 Å². The molecule has 5 nitrogen and oxygen atoms in total. The third-order valence-electron chi connectivity index (χ3n) is 12.2. The molecular formula is C54H41N5. The van der Waals surface area contributed by atoms with Crippen LogP contribution in [0.25, 0.3) is 61.5 Å². The van der Waals surface area contributed by atoms with Gasteiger partial charge in [-0.25, -0.2) is 9.98 Å². The predicted molar refractivity (Wildman–Crippen MR) is 245 cm³/mol. The van der Waals surface area contributed by atoms with Crippen molar-refractivity contribution in [1.82, 2.24) is 10.3 Å². The van der Waals surface area contributed by atoms with E-state index in [-0.39, 0.29) is 11.6 Å². The quantitative estimate of drug-likeness (QED) is 0.177. The molecule has 0 bridgehead atoms. The Balaban J connectivity index is 1.05. The van der Waals surface area contributed by atoms with Gasteiger partial charge >= 0.3 is 0 Å². The van der Waals surface area contributed by atoms with E-state index in [1.54, 1.807) is 0 Å². The van der Waals surface area contributed by atoms with Crippen LogP contribution < -0.4 is 10.6 Å². The van der Waals surface area contributed by atoms with Crippen LogP contribution >= 0.6 is 0 Å². The van der Waals surface area contributed by atoms with E-state index in [0.717, 1.165) is 67.9 Å². The number of hydrogen-bond acceptors (Lipinski definition) is 5. The van der Waals surface area contributed by atoms with Crippen LogP contribution in [0, 0.1) is 0 Å². The number of rotatable bonds is 6. The largest absolute Gasteiger partial charge is 0.379 e. The summed E-state index contributed by atoms with van der Waals surface area (Å²) in [6, 6.07) is 58.8. The standard InChI is InChI=1S/C54H41N5/c1-54(2)47-18-10-9-17-44(47)46-33-39(24-26-48(46)54)41-30-40(34-19-21-35(22-20-34)43-27-29-56-50-45(43)25-23-36-16-11-28-55-49(36)50)31-42(32-41)53-58-51(37-12-5-3-6-13-37)57-52(59-53)38-14-7-4-8-15-38/h3-27,29-33,53,55H,28H2,1-2H3,(H,57,58,59). The number of pyridine rings is 1. The topological polar surface area (TPSA) is 61.7 Å². The van der Waals surface area contributed by atoms with Crippen LogP contribution in [0.1, 0.15) is 53.4 Å². The molecule has 1 aliphatic carbocycles. The number of anilines is 1. The molecule has 3 aliphatic rings. The molecule has 2 N–H and O–H groups in total. The maximum absolute atomic E-state index is 5.29. The van der Waals surface area contributed by atoms with Gasteiger partial charge in [-0.1, -0.05) is 159 Å². The van der Waals surface area contributed by atoms with E-state index in [4.69, 9.17) is 15.0 Å². The monoisotopic (exact) mass is 759 g/mol. The molecule has 1 unspecified atom stereocenters. The first-order valence-electron chi connectivity index (χ1n) is 20.3. The van der Waals surface area contributed by atoms with Gasteiger partial charge in [0.2, 0.25) is 0 Å². The second-order valence-corrected chi connectivity index (χ2v) is 16.1. The number of nitrogens with one attached hydrogen (secondary N) is 2. The molecule has 7 aromatic carbocycles. The van der Waals surface area contributed by atoms with E-state index in [1.807, 2.05) is 30.5 Å². The Kier molecular flexibility index (Phi) is 8.22. The zero-order chi connectivity index (χ0) is 39.5. The molecule has 0 radical (unpaired) electrons. The average Bonchev–Trinajstić information content (AvgIpc) is 3.54. The van der Waals surface area contributed by atoms with Crippen molar-refractivity contribution < 1.29 is 0 Å². The van der Waals surface area contributed by atoms with Crippen LogP contribution in [0.3, 0.4) is 0 Å². The van der Waals surface area contributed by atoms with Gasteiger partial charge in [-0.3, -0.25) is 4.98 Å². The Labute approximate surface area is 344 Å². The smallest absolute Gasteiger partial charge is 0.159 e. The summed E-state index contributed by atoms with van der Waals surface area (Å²) in [7, 11) is 0. The van der Waals surface area contributed by atoms with Gasteiger partial charge in [0, 0.05) is 34.7 Å². The van der Waals surface area contributed by atoms with Gasteiger partial charge in [-0.15, -0.1) is 0 Å². The molecule has 0 amide bonds. The molecule has 5 heteroatoms. The van der Waals surface area contributed by atoms with Crippen molar-refractivity contribution in [1.29, 1.82) is 0 Å². The SMILES string of the molecule is CC1(C)c2ccccc2-c2cc(-c3cc(-c4ccc(-c5ccnc6c7c(ccc56)C=CCN7)cc4)cc(C4N=C(c5ccccc5)N=C(c5ccccc5)N4)c3)ccc21. The molecule has 0 fully saturated rings. The van der Waals surface area contributed by atoms with Crippen LogP contribution in [0.5, 0.6) is 0 Å². The summed E-state index contributed by atoms with van der Waals surface area (Å²) < 4.78 is 0. The number of nitrogens with zero attached hydrogens (tertiary/aromatic N) is 3. The Morgan fingerprint density at radius 2 is 1.25 bits per heavy atom. The fourth-order valence-corrected chi connectivity index (χ4v) is 9.12. The molecule has 0 spiro atoms.